The third-order valence-corrected chi connectivity index (χ3v) is 4.56. The van der Waals surface area contributed by atoms with E-state index in [4.69, 9.17) is 0 Å². The average Bonchev–Trinajstić information content (AvgIpc) is 2.37. The van der Waals surface area contributed by atoms with E-state index in [0.717, 1.165) is 25.0 Å². The molecule has 5 heteroatoms. The molecule has 1 unspecified atom stereocenters. The van der Waals surface area contributed by atoms with E-state index in [9.17, 15) is 14.7 Å². The normalized spacial score (nSPS) is 20.1. The molecule has 0 aliphatic heterocycles. The van der Waals surface area contributed by atoms with E-state index in [0.29, 0.717) is 12.8 Å². The number of hydrogen-bond acceptors (Lipinski definition) is 3. The molecule has 1 amide bonds. The number of nitrogens with one attached hydrogen (secondary N) is 1. The summed E-state index contributed by atoms with van der Waals surface area (Å²) in [5, 5.41) is 12.2. The van der Waals surface area contributed by atoms with Crippen molar-refractivity contribution in [1.29, 1.82) is 0 Å². The Bertz CT molecular complexity index is 301. The summed E-state index contributed by atoms with van der Waals surface area (Å²) in [6, 6.07) is 0. The second kappa shape index (κ2) is 7.02. The number of carboxylic acid groups (broad SMARTS) is 1. The van der Waals surface area contributed by atoms with Crippen LogP contribution in [0.25, 0.3) is 0 Å². The van der Waals surface area contributed by atoms with E-state index in [2.05, 4.69) is 5.32 Å². The summed E-state index contributed by atoms with van der Waals surface area (Å²) in [7, 11) is 0. The van der Waals surface area contributed by atoms with Gasteiger partial charge in [0.25, 0.3) is 0 Å². The van der Waals surface area contributed by atoms with Crippen LogP contribution in [-0.2, 0) is 9.59 Å². The summed E-state index contributed by atoms with van der Waals surface area (Å²) in [4.78, 5) is 23.3. The number of hydrogen-bond donors (Lipinski definition) is 2. The summed E-state index contributed by atoms with van der Waals surface area (Å²) in [6.07, 6.45) is 6.32. The van der Waals surface area contributed by atoms with Crippen LogP contribution in [0.2, 0.25) is 0 Å². The molecule has 104 valence electrons. The fraction of sp³-hybridized carbons (Fsp3) is 0.846. The molecule has 0 aromatic heterocycles. The number of aliphatic carboxylic acids is 1. The van der Waals surface area contributed by atoms with Crippen molar-refractivity contribution in [3.63, 3.8) is 0 Å². The van der Waals surface area contributed by atoms with Gasteiger partial charge in [-0.3, -0.25) is 9.59 Å². The summed E-state index contributed by atoms with van der Waals surface area (Å²) >= 11 is 1.63. The lowest BCUT2D eigenvalue weighted by atomic mass is 9.74. The first-order valence-electron chi connectivity index (χ1n) is 6.52. The molecule has 1 aliphatic carbocycles. The number of rotatable bonds is 6. The topological polar surface area (TPSA) is 66.4 Å². The van der Waals surface area contributed by atoms with Crippen LogP contribution in [0.1, 0.15) is 39.0 Å². The molecular weight excluding hydrogens is 250 g/mol. The van der Waals surface area contributed by atoms with Crippen molar-refractivity contribution in [3.8, 4) is 0 Å². The molecule has 1 aliphatic rings. The molecule has 1 atom stereocenters. The largest absolute Gasteiger partial charge is 0.481 e. The third-order valence-electron chi connectivity index (χ3n) is 3.73. The Hall–Kier alpha value is -0.710. The predicted octanol–water partition coefficient (Wildman–Crippen LogP) is 2.14. The van der Waals surface area contributed by atoms with Gasteiger partial charge in [-0.05, 0) is 19.1 Å². The monoisotopic (exact) mass is 273 g/mol. The first-order chi connectivity index (χ1) is 8.52. The van der Waals surface area contributed by atoms with Crippen molar-refractivity contribution in [3.05, 3.63) is 0 Å². The summed E-state index contributed by atoms with van der Waals surface area (Å²) in [5.74, 6) is -0.0867. The van der Waals surface area contributed by atoms with Gasteiger partial charge in [-0.15, -0.1) is 0 Å². The van der Waals surface area contributed by atoms with Crippen molar-refractivity contribution in [1.82, 2.24) is 5.32 Å². The van der Waals surface area contributed by atoms with Crippen LogP contribution in [0, 0.1) is 11.3 Å². The smallest absolute Gasteiger partial charge is 0.311 e. The van der Waals surface area contributed by atoms with Gasteiger partial charge in [0.1, 0.15) is 0 Å². The van der Waals surface area contributed by atoms with Gasteiger partial charge in [0.05, 0.1) is 5.41 Å². The molecule has 2 N–H and O–H groups in total. The molecule has 0 heterocycles. The summed E-state index contributed by atoms with van der Waals surface area (Å²) in [6.45, 7) is 2.15. The SMILES string of the molecule is CSCC(C)C(=O)NCC1(C(=O)O)CCCCC1. The maximum atomic E-state index is 11.8. The highest BCUT2D eigenvalue weighted by Gasteiger charge is 2.39. The van der Waals surface area contributed by atoms with Gasteiger partial charge >= 0.3 is 5.97 Å². The van der Waals surface area contributed by atoms with Gasteiger partial charge in [0, 0.05) is 18.2 Å². The van der Waals surface area contributed by atoms with Crippen LogP contribution in [-0.4, -0.2) is 35.5 Å². The fourth-order valence-corrected chi connectivity index (χ4v) is 3.10. The lowest BCUT2D eigenvalue weighted by molar-refractivity contribution is -0.151. The minimum atomic E-state index is -0.764. The Morgan fingerprint density at radius 1 is 1.33 bits per heavy atom. The van der Waals surface area contributed by atoms with Crippen molar-refractivity contribution in [2.24, 2.45) is 11.3 Å². The molecular formula is C13H23NO3S. The minimum Gasteiger partial charge on any atom is -0.481 e. The Labute approximate surface area is 113 Å². The molecule has 4 nitrogen and oxygen atoms in total. The Morgan fingerprint density at radius 2 is 1.94 bits per heavy atom. The number of carbonyl (C=O) groups excluding carboxylic acids is 1. The maximum absolute atomic E-state index is 11.8. The average molecular weight is 273 g/mol. The number of amides is 1. The van der Waals surface area contributed by atoms with Crippen LogP contribution in [0.15, 0.2) is 0 Å². The van der Waals surface area contributed by atoms with Gasteiger partial charge in [-0.2, -0.15) is 11.8 Å². The van der Waals surface area contributed by atoms with Crippen molar-refractivity contribution >= 4 is 23.6 Å². The highest BCUT2D eigenvalue weighted by atomic mass is 32.2. The molecule has 0 saturated heterocycles. The maximum Gasteiger partial charge on any atom is 0.311 e. The third kappa shape index (κ3) is 3.90. The molecule has 0 bridgehead atoms. The van der Waals surface area contributed by atoms with Crippen molar-refractivity contribution in [2.75, 3.05) is 18.6 Å². The lowest BCUT2D eigenvalue weighted by Crippen LogP contribution is -2.45. The fourth-order valence-electron chi connectivity index (χ4n) is 2.45. The van der Waals surface area contributed by atoms with E-state index in [-0.39, 0.29) is 18.4 Å². The zero-order valence-corrected chi connectivity index (χ0v) is 12.0. The first-order valence-corrected chi connectivity index (χ1v) is 7.91. The standard InChI is InChI=1S/C13H23NO3S/c1-10(8-18-2)11(15)14-9-13(12(16)17)6-4-3-5-7-13/h10H,3-9H2,1-2H3,(H,14,15)(H,16,17). The van der Waals surface area contributed by atoms with Crippen LogP contribution in [0.4, 0.5) is 0 Å². The van der Waals surface area contributed by atoms with Gasteiger partial charge < -0.3 is 10.4 Å². The van der Waals surface area contributed by atoms with Crippen LogP contribution < -0.4 is 5.32 Å². The molecule has 1 rings (SSSR count). The van der Waals surface area contributed by atoms with Crippen LogP contribution >= 0.6 is 11.8 Å². The van der Waals surface area contributed by atoms with E-state index < -0.39 is 11.4 Å². The Balaban J connectivity index is 2.52. The van der Waals surface area contributed by atoms with Gasteiger partial charge in [0.2, 0.25) is 5.91 Å². The van der Waals surface area contributed by atoms with E-state index in [1.807, 2.05) is 13.2 Å². The summed E-state index contributed by atoms with van der Waals surface area (Å²) in [5.41, 5.74) is -0.729. The second-order valence-corrected chi connectivity index (χ2v) is 6.13. The Kier molecular flexibility index (Phi) is 5.99. The quantitative estimate of drug-likeness (QED) is 0.778. The molecule has 1 saturated carbocycles. The molecule has 1 fully saturated rings. The van der Waals surface area contributed by atoms with E-state index in [1.165, 1.54) is 0 Å². The second-order valence-electron chi connectivity index (χ2n) is 5.22. The van der Waals surface area contributed by atoms with Gasteiger partial charge in [-0.25, -0.2) is 0 Å². The number of carbonyl (C=O) groups is 2. The van der Waals surface area contributed by atoms with E-state index in [1.54, 1.807) is 11.8 Å². The summed E-state index contributed by atoms with van der Waals surface area (Å²) < 4.78 is 0. The zero-order chi connectivity index (χ0) is 13.6. The molecule has 0 aromatic carbocycles. The molecule has 0 aromatic rings. The minimum absolute atomic E-state index is 0.0319. The predicted molar refractivity (Wildman–Crippen MR) is 73.7 cm³/mol. The zero-order valence-electron chi connectivity index (χ0n) is 11.2. The highest BCUT2D eigenvalue weighted by Crippen LogP contribution is 2.36. The van der Waals surface area contributed by atoms with Crippen molar-refractivity contribution < 1.29 is 14.7 Å². The first kappa shape index (κ1) is 15.3. The van der Waals surface area contributed by atoms with Gasteiger partial charge in [-0.1, -0.05) is 26.2 Å². The molecule has 18 heavy (non-hydrogen) atoms. The number of thioether (sulfide) groups is 1. The van der Waals surface area contributed by atoms with Crippen LogP contribution in [0.5, 0.6) is 0 Å². The lowest BCUT2D eigenvalue weighted by Gasteiger charge is -2.33. The number of carboxylic acids is 1. The van der Waals surface area contributed by atoms with Crippen molar-refractivity contribution in [2.45, 2.75) is 39.0 Å². The van der Waals surface area contributed by atoms with E-state index >= 15 is 0 Å². The van der Waals surface area contributed by atoms with Gasteiger partial charge in [0.15, 0.2) is 0 Å². The van der Waals surface area contributed by atoms with Crippen LogP contribution in [0.3, 0.4) is 0 Å². The molecule has 0 radical (unpaired) electrons. The molecule has 0 spiro atoms. The Morgan fingerprint density at radius 3 is 2.44 bits per heavy atom. The highest BCUT2D eigenvalue weighted by molar-refractivity contribution is 7.98.